The van der Waals surface area contributed by atoms with Crippen LogP contribution in [0.15, 0.2) is 30.5 Å². The fraction of sp³-hybridized carbons (Fsp3) is 0.286. The Bertz CT molecular complexity index is 645. The average molecular weight is 256 g/mol. The molecule has 0 fully saturated rings. The predicted octanol–water partition coefficient (Wildman–Crippen LogP) is 1.95. The maximum atomic E-state index is 11.5. The maximum absolute atomic E-state index is 11.5. The van der Waals surface area contributed by atoms with Crippen LogP contribution in [0.3, 0.4) is 0 Å². The van der Waals surface area contributed by atoms with E-state index in [0.29, 0.717) is 5.92 Å². The Morgan fingerprint density at radius 1 is 1.37 bits per heavy atom. The molecule has 0 saturated heterocycles. The molecule has 1 aliphatic rings. The van der Waals surface area contributed by atoms with Gasteiger partial charge in [0.15, 0.2) is 0 Å². The zero-order chi connectivity index (χ0) is 13.6. The van der Waals surface area contributed by atoms with Gasteiger partial charge in [0.2, 0.25) is 5.91 Å². The number of nitrogens with zero attached hydrogens (tertiary/aromatic N) is 2. The van der Waals surface area contributed by atoms with Crippen molar-refractivity contribution < 1.29 is 4.79 Å². The predicted molar refractivity (Wildman–Crippen MR) is 73.2 cm³/mol. The van der Waals surface area contributed by atoms with Crippen LogP contribution in [0.5, 0.6) is 0 Å². The Hall–Kier alpha value is -2.14. The normalized spacial score (nSPS) is 17.7. The van der Waals surface area contributed by atoms with E-state index in [1.807, 2.05) is 35.1 Å². The fourth-order valence-corrected chi connectivity index (χ4v) is 2.21. The van der Waals surface area contributed by atoms with Crippen molar-refractivity contribution in [1.82, 2.24) is 9.78 Å². The Morgan fingerprint density at radius 3 is 2.84 bits per heavy atom. The molecule has 2 aromatic rings. The van der Waals surface area contributed by atoms with E-state index in [0.717, 1.165) is 22.6 Å². The first-order valence-corrected chi connectivity index (χ1v) is 6.32. The Labute approximate surface area is 111 Å². The second-order valence-electron chi connectivity index (χ2n) is 5.08. The van der Waals surface area contributed by atoms with E-state index >= 15 is 0 Å². The van der Waals surface area contributed by atoms with Crippen LogP contribution >= 0.6 is 0 Å². The third-order valence-electron chi connectivity index (χ3n) is 3.38. The molecule has 0 saturated carbocycles. The Morgan fingerprint density at radius 2 is 2.16 bits per heavy atom. The van der Waals surface area contributed by atoms with Gasteiger partial charge in [-0.1, -0.05) is 19.9 Å². The number of carbonyl (C=O) groups excluding carboxylic acids is 1. The lowest BCUT2D eigenvalue weighted by molar-refractivity contribution is -0.116. The van der Waals surface area contributed by atoms with Gasteiger partial charge < -0.3 is 11.1 Å². The first-order chi connectivity index (χ1) is 9.06. The number of fused-ring (bicyclic) bond motifs is 1. The summed E-state index contributed by atoms with van der Waals surface area (Å²) < 4.78 is 1.81. The van der Waals surface area contributed by atoms with Crippen molar-refractivity contribution in [2.75, 3.05) is 5.32 Å². The van der Waals surface area contributed by atoms with Gasteiger partial charge in [-0.05, 0) is 24.1 Å². The molecule has 1 aromatic heterocycles. The molecule has 0 aliphatic carbocycles. The summed E-state index contributed by atoms with van der Waals surface area (Å²) in [6.07, 6.45) is 1.92. The van der Waals surface area contributed by atoms with Crippen molar-refractivity contribution >= 4 is 11.6 Å². The van der Waals surface area contributed by atoms with Gasteiger partial charge in [0.25, 0.3) is 0 Å². The van der Waals surface area contributed by atoms with Crippen LogP contribution in [0.2, 0.25) is 0 Å². The van der Waals surface area contributed by atoms with E-state index in [1.54, 1.807) is 0 Å². The van der Waals surface area contributed by atoms with Gasteiger partial charge in [-0.2, -0.15) is 5.10 Å². The van der Waals surface area contributed by atoms with E-state index in [2.05, 4.69) is 24.3 Å². The highest BCUT2D eigenvalue weighted by atomic mass is 16.2. The van der Waals surface area contributed by atoms with E-state index in [4.69, 9.17) is 5.73 Å². The topological polar surface area (TPSA) is 72.9 Å². The summed E-state index contributed by atoms with van der Waals surface area (Å²) >= 11 is 0. The van der Waals surface area contributed by atoms with Crippen molar-refractivity contribution in [3.8, 4) is 5.69 Å². The SMILES string of the molecule is CC(C)c1ccn(-c2ccc3c(c2)NC(=O)C3N)n1. The van der Waals surface area contributed by atoms with Gasteiger partial charge in [0, 0.05) is 17.4 Å². The second kappa shape index (κ2) is 4.20. The summed E-state index contributed by atoms with van der Waals surface area (Å²) in [5, 5.41) is 7.30. The minimum absolute atomic E-state index is 0.157. The molecule has 0 radical (unpaired) electrons. The number of hydrogen-bond acceptors (Lipinski definition) is 3. The van der Waals surface area contributed by atoms with Crippen LogP contribution in [0.25, 0.3) is 5.69 Å². The summed E-state index contributed by atoms with van der Waals surface area (Å²) in [5.41, 5.74) is 9.36. The number of aromatic nitrogens is 2. The van der Waals surface area contributed by atoms with Crippen LogP contribution in [-0.2, 0) is 4.79 Å². The van der Waals surface area contributed by atoms with Gasteiger partial charge in [-0.15, -0.1) is 0 Å². The standard InChI is InChI=1S/C14H16N4O/c1-8(2)11-5-6-18(17-11)9-3-4-10-12(7-9)16-14(19)13(10)15/h3-8,13H,15H2,1-2H3,(H,16,19). The number of rotatable bonds is 2. The highest BCUT2D eigenvalue weighted by molar-refractivity contribution is 6.02. The summed E-state index contributed by atoms with van der Waals surface area (Å²) in [6, 6.07) is 7.15. The molecule has 1 amide bonds. The minimum atomic E-state index is -0.562. The quantitative estimate of drug-likeness (QED) is 0.862. The fourth-order valence-electron chi connectivity index (χ4n) is 2.21. The lowest BCUT2D eigenvalue weighted by Gasteiger charge is -2.06. The van der Waals surface area contributed by atoms with Crippen molar-refractivity contribution in [2.45, 2.75) is 25.8 Å². The number of anilines is 1. The number of benzene rings is 1. The molecule has 5 nitrogen and oxygen atoms in total. The monoisotopic (exact) mass is 256 g/mol. The number of nitrogens with one attached hydrogen (secondary N) is 1. The molecule has 1 aliphatic heterocycles. The third kappa shape index (κ3) is 1.92. The van der Waals surface area contributed by atoms with Gasteiger partial charge in [0.1, 0.15) is 6.04 Å². The zero-order valence-corrected chi connectivity index (χ0v) is 10.9. The van der Waals surface area contributed by atoms with Crippen molar-refractivity contribution in [3.05, 3.63) is 41.7 Å². The first kappa shape index (κ1) is 11.9. The highest BCUT2D eigenvalue weighted by Crippen LogP contribution is 2.30. The van der Waals surface area contributed by atoms with Gasteiger partial charge in [-0.25, -0.2) is 4.68 Å². The van der Waals surface area contributed by atoms with E-state index in [9.17, 15) is 4.79 Å². The number of nitrogens with two attached hydrogens (primary N) is 1. The Balaban J connectivity index is 1.99. The highest BCUT2D eigenvalue weighted by Gasteiger charge is 2.27. The van der Waals surface area contributed by atoms with Crippen molar-refractivity contribution in [1.29, 1.82) is 0 Å². The third-order valence-corrected chi connectivity index (χ3v) is 3.38. The van der Waals surface area contributed by atoms with E-state index in [1.165, 1.54) is 0 Å². The molecule has 2 heterocycles. The van der Waals surface area contributed by atoms with Gasteiger partial charge in [-0.3, -0.25) is 4.79 Å². The number of hydrogen-bond donors (Lipinski definition) is 2. The smallest absolute Gasteiger partial charge is 0.245 e. The summed E-state index contributed by atoms with van der Waals surface area (Å²) in [5.74, 6) is 0.235. The van der Waals surface area contributed by atoms with Gasteiger partial charge >= 0.3 is 0 Å². The molecule has 0 spiro atoms. The molecule has 98 valence electrons. The molecule has 3 N–H and O–H groups in total. The molecule has 5 heteroatoms. The maximum Gasteiger partial charge on any atom is 0.245 e. The van der Waals surface area contributed by atoms with E-state index in [-0.39, 0.29) is 5.91 Å². The number of carbonyl (C=O) groups is 1. The molecule has 0 bridgehead atoms. The summed E-state index contributed by atoms with van der Waals surface area (Å²) in [4.78, 5) is 11.5. The molecule has 19 heavy (non-hydrogen) atoms. The average Bonchev–Trinajstić information content (AvgIpc) is 2.96. The van der Waals surface area contributed by atoms with Crippen molar-refractivity contribution in [3.63, 3.8) is 0 Å². The molecule has 1 atom stereocenters. The van der Waals surface area contributed by atoms with Gasteiger partial charge in [0.05, 0.1) is 11.4 Å². The lowest BCUT2D eigenvalue weighted by Crippen LogP contribution is -2.19. The van der Waals surface area contributed by atoms with Crippen LogP contribution in [0.1, 0.15) is 37.1 Å². The van der Waals surface area contributed by atoms with E-state index < -0.39 is 6.04 Å². The summed E-state index contributed by atoms with van der Waals surface area (Å²) in [6.45, 7) is 4.21. The summed E-state index contributed by atoms with van der Waals surface area (Å²) in [7, 11) is 0. The molecular formula is C14H16N4O. The van der Waals surface area contributed by atoms with Crippen LogP contribution in [0.4, 0.5) is 5.69 Å². The Kier molecular flexibility index (Phi) is 2.64. The minimum Gasteiger partial charge on any atom is -0.324 e. The largest absolute Gasteiger partial charge is 0.324 e. The second-order valence-corrected chi connectivity index (χ2v) is 5.08. The zero-order valence-electron chi connectivity index (χ0n) is 10.9. The lowest BCUT2D eigenvalue weighted by atomic mass is 10.1. The first-order valence-electron chi connectivity index (χ1n) is 6.32. The molecule has 1 aromatic carbocycles. The van der Waals surface area contributed by atoms with Crippen molar-refractivity contribution in [2.24, 2.45) is 5.73 Å². The van der Waals surface area contributed by atoms with Crippen LogP contribution < -0.4 is 11.1 Å². The molecule has 3 rings (SSSR count). The molecular weight excluding hydrogens is 240 g/mol. The van der Waals surface area contributed by atoms with Crippen LogP contribution in [0, 0.1) is 0 Å². The van der Waals surface area contributed by atoms with Crippen LogP contribution in [-0.4, -0.2) is 15.7 Å². The number of amides is 1. The molecule has 1 unspecified atom stereocenters.